The monoisotopic (exact) mass is 638 g/mol. The van der Waals surface area contributed by atoms with Crippen molar-refractivity contribution >= 4 is 30.3 Å². The third-order valence-electron chi connectivity index (χ3n) is 8.13. The summed E-state index contributed by atoms with van der Waals surface area (Å²) in [5.74, 6) is 1.12. The van der Waals surface area contributed by atoms with Crippen LogP contribution in [-0.2, 0) is 23.4 Å². The molecule has 0 amide bonds. The zero-order valence-corrected chi connectivity index (χ0v) is 26.7. The Hall–Kier alpha value is -1.82. The van der Waals surface area contributed by atoms with Crippen LogP contribution >= 0.6 is 15.9 Å². The molecule has 2 aliphatic heterocycles. The maximum Gasteiger partial charge on any atom is 0.323 e. The Morgan fingerprint density at radius 2 is 1.52 bits per heavy atom. The van der Waals surface area contributed by atoms with E-state index in [0.717, 1.165) is 5.56 Å². The standard InChI is InChI=1S/C30H40BrFO7Si/c1-18(2)40(19(3)4,20(5)6)39-26-28(36-23-15-13-22(34-7)14-16-23)37-24-17-35-27(21-11-9-8-10-12-21)38-25(24)30(26,31)29(32)33/h8-16,18-20,24-28H,17H2,1-7H3/t24-,25+,26+,27?,28-,30-/m1/s1. The Kier molecular flexibility index (Phi) is 9.79. The Morgan fingerprint density at radius 3 is 2.05 bits per heavy atom. The first kappa shape index (κ1) is 31.1. The summed E-state index contributed by atoms with van der Waals surface area (Å²) in [6, 6.07) is 14.7. The predicted octanol–water partition coefficient (Wildman–Crippen LogP) is 7.10. The zero-order chi connectivity index (χ0) is 29.2. The van der Waals surface area contributed by atoms with Crippen LogP contribution in [0.2, 0.25) is 16.6 Å². The van der Waals surface area contributed by atoms with Crippen LogP contribution in [0.3, 0.4) is 0 Å². The van der Waals surface area contributed by atoms with Crippen molar-refractivity contribution in [3.05, 3.63) is 60.2 Å². The van der Waals surface area contributed by atoms with Crippen LogP contribution in [-0.4, -0.2) is 57.0 Å². The van der Waals surface area contributed by atoms with Crippen molar-refractivity contribution in [1.82, 2.24) is 0 Å². The summed E-state index contributed by atoms with van der Waals surface area (Å²) in [5.41, 5.74) is 1.23. The summed E-state index contributed by atoms with van der Waals surface area (Å²) in [6.45, 7) is 12.8. The molecule has 0 spiro atoms. The molecule has 4 rings (SSSR count). The van der Waals surface area contributed by atoms with Crippen LogP contribution in [0, 0.1) is 0 Å². The summed E-state index contributed by atoms with van der Waals surface area (Å²) in [7, 11) is -1.10. The predicted molar refractivity (Wildman–Crippen MR) is 156 cm³/mol. The lowest BCUT2D eigenvalue weighted by Crippen LogP contribution is -2.72. The average molecular weight is 640 g/mol. The Morgan fingerprint density at radius 1 is 0.950 bits per heavy atom. The van der Waals surface area contributed by atoms with Gasteiger partial charge in [0.25, 0.3) is 0 Å². The van der Waals surface area contributed by atoms with Gasteiger partial charge in [0.05, 0.1) is 13.7 Å². The highest BCUT2D eigenvalue weighted by Gasteiger charge is 2.66. The van der Waals surface area contributed by atoms with Gasteiger partial charge in [0.15, 0.2) is 10.6 Å². The van der Waals surface area contributed by atoms with Crippen LogP contribution in [0.5, 0.6) is 11.5 Å². The highest BCUT2D eigenvalue weighted by molar-refractivity contribution is 9.10. The van der Waals surface area contributed by atoms with Gasteiger partial charge in [0.2, 0.25) is 14.6 Å². The highest BCUT2D eigenvalue weighted by atomic mass is 79.9. The molecule has 0 aliphatic carbocycles. The topological polar surface area (TPSA) is 72.5 Å². The summed E-state index contributed by atoms with van der Waals surface area (Å²) in [5, 5.41) is 0. The first-order valence-corrected chi connectivity index (χ1v) is 16.7. The van der Waals surface area contributed by atoms with Crippen LogP contribution in [0.25, 0.3) is 0 Å². The fourth-order valence-corrected chi connectivity index (χ4v) is 12.7. The second-order valence-electron chi connectivity index (χ2n) is 11.4. The van der Waals surface area contributed by atoms with E-state index in [1.54, 1.807) is 31.4 Å². The first-order chi connectivity index (χ1) is 18.9. The number of halogens is 2. The molecule has 6 atom stereocenters. The lowest BCUT2D eigenvalue weighted by Gasteiger charge is -2.55. The van der Waals surface area contributed by atoms with Crippen LogP contribution < -0.4 is 9.47 Å². The molecular formula is C30H40BrFO7Si. The number of methoxy groups -OCH3 is 1. The van der Waals surface area contributed by atoms with Gasteiger partial charge < -0.3 is 28.1 Å². The molecule has 2 heterocycles. The van der Waals surface area contributed by atoms with Gasteiger partial charge in [-0.1, -0.05) is 87.8 Å². The second-order valence-corrected chi connectivity index (χ2v) is 18.1. The molecule has 0 saturated carbocycles. The van der Waals surface area contributed by atoms with Crippen LogP contribution in [0.1, 0.15) is 53.4 Å². The first-order valence-electron chi connectivity index (χ1n) is 13.8. The highest BCUT2D eigenvalue weighted by Crippen LogP contribution is 2.51. The van der Waals surface area contributed by atoms with Gasteiger partial charge in [0.1, 0.15) is 29.8 Å². The molecule has 0 bridgehead atoms. The number of hydrogen-bond acceptors (Lipinski definition) is 7. The molecule has 2 aromatic rings. The van der Waals surface area contributed by atoms with Gasteiger partial charge >= 0.3 is 6.04 Å². The van der Waals surface area contributed by atoms with E-state index in [1.165, 1.54) is 0 Å². The van der Waals surface area contributed by atoms with Gasteiger partial charge in [-0.2, -0.15) is 4.39 Å². The number of ether oxygens (including phenoxy) is 5. The number of carbonyl (C=O) groups excluding carboxylic acids is 1. The summed E-state index contributed by atoms with van der Waals surface area (Å²) < 4.78 is 51.0. The molecule has 0 aromatic heterocycles. The molecule has 2 aromatic carbocycles. The minimum atomic E-state index is -2.68. The maximum absolute atomic E-state index is 15.5. The van der Waals surface area contributed by atoms with Gasteiger partial charge in [0, 0.05) is 5.56 Å². The summed E-state index contributed by atoms with van der Waals surface area (Å²) in [6.07, 6.45) is -4.92. The van der Waals surface area contributed by atoms with Gasteiger partial charge in [-0.15, -0.1) is 0 Å². The number of carbonyl (C=O) groups is 1. The van der Waals surface area contributed by atoms with Crippen molar-refractivity contribution in [1.29, 1.82) is 0 Å². The van der Waals surface area contributed by atoms with E-state index in [4.69, 9.17) is 28.1 Å². The fraction of sp³-hybridized carbons (Fsp3) is 0.567. The molecule has 0 N–H and O–H groups in total. The van der Waals surface area contributed by atoms with E-state index in [9.17, 15) is 4.79 Å². The molecule has 10 heteroatoms. The van der Waals surface area contributed by atoms with E-state index in [2.05, 4.69) is 57.5 Å². The van der Waals surface area contributed by atoms with Crippen LogP contribution in [0.15, 0.2) is 54.6 Å². The van der Waals surface area contributed by atoms with Gasteiger partial charge in [-0.25, -0.2) is 0 Å². The number of hydrogen-bond donors (Lipinski definition) is 0. The number of alkyl halides is 1. The Balaban J connectivity index is 1.79. The number of benzene rings is 2. The van der Waals surface area contributed by atoms with Gasteiger partial charge in [-0.05, 0) is 40.9 Å². The quantitative estimate of drug-likeness (QED) is 0.156. The number of rotatable bonds is 10. The van der Waals surface area contributed by atoms with Crippen LogP contribution in [0.4, 0.5) is 4.39 Å². The molecule has 2 saturated heterocycles. The molecular weight excluding hydrogens is 599 g/mol. The molecule has 40 heavy (non-hydrogen) atoms. The third-order valence-corrected chi connectivity index (χ3v) is 15.4. The van der Waals surface area contributed by atoms with Crippen molar-refractivity contribution in [2.75, 3.05) is 13.7 Å². The average Bonchev–Trinajstić information content (AvgIpc) is 2.93. The zero-order valence-electron chi connectivity index (χ0n) is 24.1. The largest absolute Gasteiger partial charge is 0.497 e. The number of fused-ring (bicyclic) bond motifs is 1. The third kappa shape index (κ3) is 5.76. The fourth-order valence-electron chi connectivity index (χ4n) is 6.27. The molecule has 0 radical (unpaired) electrons. The lowest BCUT2D eigenvalue weighted by atomic mass is 9.88. The van der Waals surface area contributed by atoms with E-state index < -0.39 is 49.6 Å². The lowest BCUT2D eigenvalue weighted by molar-refractivity contribution is -0.329. The minimum absolute atomic E-state index is 0.0706. The summed E-state index contributed by atoms with van der Waals surface area (Å²) >= 11 is 3.56. The van der Waals surface area contributed by atoms with E-state index in [0.29, 0.717) is 11.5 Å². The SMILES string of the molecule is COc1ccc(O[C@@H]2O[C@@H]3COC(c4ccccc4)O[C@@H]3[C@](Br)(C(=O)F)[C@H]2O[Si](C(C)C)(C(C)C)C(C)C)cc1. The van der Waals surface area contributed by atoms with Crippen molar-refractivity contribution in [2.24, 2.45) is 0 Å². The van der Waals surface area contributed by atoms with E-state index in [1.807, 2.05) is 30.3 Å². The van der Waals surface area contributed by atoms with E-state index >= 15 is 4.39 Å². The molecule has 2 aliphatic rings. The minimum Gasteiger partial charge on any atom is -0.497 e. The molecule has 1 unspecified atom stereocenters. The van der Waals surface area contributed by atoms with Crippen molar-refractivity contribution in [3.8, 4) is 11.5 Å². The van der Waals surface area contributed by atoms with E-state index in [-0.39, 0.29) is 23.2 Å². The normalized spacial score (nSPS) is 28.9. The van der Waals surface area contributed by atoms with Crippen molar-refractivity contribution < 1.29 is 37.3 Å². The Labute approximate surface area is 245 Å². The van der Waals surface area contributed by atoms with Gasteiger partial charge in [-0.3, -0.25) is 4.79 Å². The van der Waals surface area contributed by atoms with Crippen molar-refractivity contribution in [3.63, 3.8) is 0 Å². The molecule has 2 fully saturated rings. The Bertz CT molecular complexity index is 1110. The van der Waals surface area contributed by atoms with Crippen molar-refractivity contribution in [2.45, 2.75) is 93.4 Å². The smallest absolute Gasteiger partial charge is 0.323 e. The molecule has 7 nitrogen and oxygen atoms in total. The maximum atomic E-state index is 15.5. The summed E-state index contributed by atoms with van der Waals surface area (Å²) in [4.78, 5) is 13.1. The second kappa shape index (κ2) is 12.6. The molecule has 220 valence electrons.